The Balaban J connectivity index is 2.50. The van der Waals surface area contributed by atoms with E-state index in [-0.39, 0.29) is 5.69 Å². The second-order valence-corrected chi connectivity index (χ2v) is 3.92. The standard InChI is InChI=1S/C11H21N5O/c1-3-15(4-2)6-5-7-16-8-14-9(10(16)12)11(13)17/h8H,3-7,12H2,1-2H3,(H2,13,17). The Hall–Kier alpha value is -1.56. The van der Waals surface area contributed by atoms with Gasteiger partial charge in [-0.25, -0.2) is 4.98 Å². The molecule has 0 aliphatic heterocycles. The van der Waals surface area contributed by atoms with Gasteiger partial charge in [0.2, 0.25) is 0 Å². The van der Waals surface area contributed by atoms with Crippen LogP contribution in [0.1, 0.15) is 30.8 Å². The highest BCUT2D eigenvalue weighted by Gasteiger charge is 2.12. The smallest absolute Gasteiger partial charge is 0.271 e. The van der Waals surface area contributed by atoms with Crippen molar-refractivity contribution in [2.24, 2.45) is 5.73 Å². The van der Waals surface area contributed by atoms with E-state index in [0.717, 1.165) is 32.6 Å². The van der Waals surface area contributed by atoms with Crippen LogP contribution < -0.4 is 11.5 Å². The van der Waals surface area contributed by atoms with Crippen LogP contribution in [0.15, 0.2) is 6.33 Å². The molecule has 0 radical (unpaired) electrons. The van der Waals surface area contributed by atoms with Crippen LogP contribution in [-0.2, 0) is 6.54 Å². The van der Waals surface area contributed by atoms with Crippen molar-refractivity contribution < 1.29 is 4.79 Å². The lowest BCUT2D eigenvalue weighted by Crippen LogP contribution is -2.25. The quantitative estimate of drug-likeness (QED) is 0.716. The fourth-order valence-electron chi connectivity index (χ4n) is 1.76. The number of anilines is 1. The van der Waals surface area contributed by atoms with E-state index in [1.54, 1.807) is 10.9 Å². The van der Waals surface area contributed by atoms with Gasteiger partial charge >= 0.3 is 0 Å². The fourth-order valence-corrected chi connectivity index (χ4v) is 1.76. The van der Waals surface area contributed by atoms with E-state index in [0.29, 0.717) is 5.82 Å². The van der Waals surface area contributed by atoms with E-state index in [2.05, 4.69) is 23.7 Å². The minimum absolute atomic E-state index is 0.160. The third-order valence-corrected chi connectivity index (χ3v) is 2.88. The largest absolute Gasteiger partial charge is 0.383 e. The highest BCUT2D eigenvalue weighted by Crippen LogP contribution is 2.09. The van der Waals surface area contributed by atoms with Gasteiger partial charge in [0.25, 0.3) is 5.91 Å². The van der Waals surface area contributed by atoms with Crippen molar-refractivity contribution in [2.75, 3.05) is 25.4 Å². The summed E-state index contributed by atoms with van der Waals surface area (Å²) in [5, 5.41) is 0. The first kappa shape index (κ1) is 13.5. The molecule has 1 amide bonds. The number of primary amides is 1. The normalized spacial score (nSPS) is 11.0. The first-order valence-corrected chi connectivity index (χ1v) is 5.92. The van der Waals surface area contributed by atoms with Gasteiger partial charge in [0.05, 0.1) is 6.33 Å². The van der Waals surface area contributed by atoms with Crippen molar-refractivity contribution >= 4 is 11.7 Å². The molecule has 1 aromatic heterocycles. The summed E-state index contributed by atoms with van der Waals surface area (Å²) >= 11 is 0. The van der Waals surface area contributed by atoms with Gasteiger partial charge in [0.15, 0.2) is 5.69 Å². The van der Waals surface area contributed by atoms with Crippen LogP contribution in [-0.4, -0.2) is 40.0 Å². The third-order valence-electron chi connectivity index (χ3n) is 2.88. The highest BCUT2D eigenvalue weighted by molar-refractivity contribution is 5.95. The Morgan fingerprint density at radius 2 is 2.12 bits per heavy atom. The molecule has 0 bridgehead atoms. The average molecular weight is 239 g/mol. The first-order chi connectivity index (χ1) is 8.10. The molecule has 0 aliphatic rings. The van der Waals surface area contributed by atoms with Gasteiger partial charge < -0.3 is 20.9 Å². The van der Waals surface area contributed by atoms with Crippen LogP contribution in [0, 0.1) is 0 Å². The van der Waals surface area contributed by atoms with Crippen molar-refractivity contribution in [3.8, 4) is 0 Å². The van der Waals surface area contributed by atoms with Crippen molar-refractivity contribution in [2.45, 2.75) is 26.8 Å². The molecular formula is C11H21N5O. The number of carbonyl (C=O) groups is 1. The zero-order valence-electron chi connectivity index (χ0n) is 10.5. The van der Waals surface area contributed by atoms with Gasteiger partial charge in [-0.3, -0.25) is 4.79 Å². The number of hydrogen-bond donors (Lipinski definition) is 2. The number of imidazole rings is 1. The number of hydrogen-bond acceptors (Lipinski definition) is 4. The van der Waals surface area contributed by atoms with E-state index in [1.807, 2.05) is 0 Å². The number of nitrogen functional groups attached to an aromatic ring is 1. The minimum atomic E-state index is -0.579. The summed E-state index contributed by atoms with van der Waals surface area (Å²) in [6, 6.07) is 0. The number of carbonyl (C=O) groups excluding carboxylic acids is 1. The molecule has 6 nitrogen and oxygen atoms in total. The summed E-state index contributed by atoms with van der Waals surface area (Å²) in [6.07, 6.45) is 2.54. The molecule has 1 rings (SSSR count). The highest BCUT2D eigenvalue weighted by atomic mass is 16.1. The van der Waals surface area contributed by atoms with Gasteiger partial charge in [0, 0.05) is 6.54 Å². The number of rotatable bonds is 7. The topological polar surface area (TPSA) is 90.2 Å². The van der Waals surface area contributed by atoms with Crippen molar-refractivity contribution in [3.63, 3.8) is 0 Å². The lowest BCUT2D eigenvalue weighted by Gasteiger charge is -2.17. The van der Waals surface area contributed by atoms with Crippen LogP contribution in [0.25, 0.3) is 0 Å². The van der Waals surface area contributed by atoms with Gasteiger partial charge in [-0.05, 0) is 26.1 Å². The lowest BCUT2D eigenvalue weighted by atomic mass is 10.3. The van der Waals surface area contributed by atoms with Crippen LogP contribution in [0.4, 0.5) is 5.82 Å². The van der Waals surface area contributed by atoms with Gasteiger partial charge in [-0.2, -0.15) is 0 Å². The predicted octanol–water partition coefficient (Wildman–Crippen LogP) is 0.296. The molecule has 96 valence electrons. The Labute approximate surface area is 102 Å². The number of amides is 1. The van der Waals surface area contributed by atoms with Crippen LogP contribution in [0.2, 0.25) is 0 Å². The van der Waals surface area contributed by atoms with Crippen molar-refractivity contribution in [1.29, 1.82) is 0 Å². The average Bonchev–Trinajstić information content (AvgIpc) is 2.66. The number of nitrogens with two attached hydrogens (primary N) is 2. The van der Waals surface area contributed by atoms with Crippen LogP contribution in [0.5, 0.6) is 0 Å². The second kappa shape index (κ2) is 6.24. The molecule has 1 heterocycles. The van der Waals surface area contributed by atoms with E-state index >= 15 is 0 Å². The van der Waals surface area contributed by atoms with E-state index in [4.69, 9.17) is 11.5 Å². The number of nitrogens with zero attached hydrogens (tertiary/aromatic N) is 3. The zero-order chi connectivity index (χ0) is 12.8. The summed E-state index contributed by atoms with van der Waals surface area (Å²) in [5.74, 6) is -0.220. The zero-order valence-corrected chi connectivity index (χ0v) is 10.5. The summed E-state index contributed by atoms with van der Waals surface area (Å²) < 4.78 is 1.77. The Bertz CT molecular complexity index is 370. The lowest BCUT2D eigenvalue weighted by molar-refractivity contribution is 0.0997. The molecule has 0 fully saturated rings. The molecule has 0 unspecified atom stereocenters. The Kier molecular flexibility index (Phi) is 4.96. The molecule has 0 aromatic carbocycles. The monoisotopic (exact) mass is 239 g/mol. The molecular weight excluding hydrogens is 218 g/mol. The first-order valence-electron chi connectivity index (χ1n) is 5.92. The third kappa shape index (κ3) is 3.45. The minimum Gasteiger partial charge on any atom is -0.383 e. The molecule has 6 heteroatoms. The summed E-state index contributed by atoms with van der Waals surface area (Å²) in [6.45, 7) is 8.13. The summed E-state index contributed by atoms with van der Waals surface area (Å²) in [7, 11) is 0. The summed E-state index contributed by atoms with van der Waals surface area (Å²) in [5.41, 5.74) is 11.1. The molecule has 0 atom stereocenters. The van der Waals surface area contributed by atoms with Crippen LogP contribution >= 0.6 is 0 Å². The molecule has 4 N–H and O–H groups in total. The van der Waals surface area contributed by atoms with E-state index < -0.39 is 5.91 Å². The molecule has 17 heavy (non-hydrogen) atoms. The Morgan fingerprint density at radius 1 is 1.47 bits per heavy atom. The predicted molar refractivity (Wildman–Crippen MR) is 67.6 cm³/mol. The maximum atomic E-state index is 11.0. The molecule has 1 aromatic rings. The van der Waals surface area contributed by atoms with Crippen LogP contribution in [0.3, 0.4) is 0 Å². The molecule has 0 spiro atoms. The Morgan fingerprint density at radius 3 is 2.59 bits per heavy atom. The van der Waals surface area contributed by atoms with Crippen molar-refractivity contribution in [3.05, 3.63) is 12.0 Å². The van der Waals surface area contributed by atoms with E-state index in [9.17, 15) is 4.79 Å². The fraction of sp³-hybridized carbons (Fsp3) is 0.636. The van der Waals surface area contributed by atoms with Gasteiger partial charge in [0.1, 0.15) is 5.82 Å². The SMILES string of the molecule is CCN(CC)CCCn1cnc(C(N)=O)c1N. The van der Waals surface area contributed by atoms with Crippen molar-refractivity contribution in [1.82, 2.24) is 14.5 Å². The van der Waals surface area contributed by atoms with Gasteiger partial charge in [-0.15, -0.1) is 0 Å². The maximum absolute atomic E-state index is 11.0. The molecule has 0 saturated heterocycles. The van der Waals surface area contributed by atoms with Gasteiger partial charge in [-0.1, -0.05) is 13.8 Å². The number of aryl methyl sites for hydroxylation is 1. The second-order valence-electron chi connectivity index (χ2n) is 3.92. The maximum Gasteiger partial charge on any atom is 0.271 e. The molecule has 0 aliphatic carbocycles. The number of aromatic nitrogens is 2. The van der Waals surface area contributed by atoms with E-state index in [1.165, 1.54) is 0 Å². The summed E-state index contributed by atoms with van der Waals surface area (Å²) in [4.78, 5) is 17.2. The molecule has 0 saturated carbocycles.